The van der Waals surface area contributed by atoms with Crippen molar-refractivity contribution >= 4 is 27.5 Å². The van der Waals surface area contributed by atoms with Gasteiger partial charge in [0.25, 0.3) is 5.91 Å². The van der Waals surface area contributed by atoms with Crippen molar-refractivity contribution in [1.29, 1.82) is 0 Å². The van der Waals surface area contributed by atoms with E-state index in [0.717, 1.165) is 25.7 Å². The highest BCUT2D eigenvalue weighted by atomic mass is 35.5. The Kier molecular flexibility index (Phi) is 8.09. The maximum atomic E-state index is 13.1. The summed E-state index contributed by atoms with van der Waals surface area (Å²) in [6.07, 6.45) is 3.56. The van der Waals surface area contributed by atoms with Gasteiger partial charge in [-0.05, 0) is 43.4 Å². The van der Waals surface area contributed by atoms with E-state index < -0.39 is 10.0 Å². The average Bonchev–Trinajstić information content (AvgIpc) is 2.65. The van der Waals surface area contributed by atoms with Crippen LogP contribution < -0.4 is 0 Å². The van der Waals surface area contributed by atoms with Crippen molar-refractivity contribution in [2.45, 2.75) is 44.4 Å². The minimum atomic E-state index is -3.76. The molecule has 1 aliphatic rings. The van der Waals surface area contributed by atoms with Crippen molar-refractivity contribution in [3.8, 4) is 0 Å². The summed E-state index contributed by atoms with van der Waals surface area (Å²) >= 11 is 6.19. The van der Waals surface area contributed by atoms with E-state index in [4.69, 9.17) is 11.6 Å². The van der Waals surface area contributed by atoms with Gasteiger partial charge in [0.1, 0.15) is 4.90 Å². The first-order valence-corrected chi connectivity index (χ1v) is 11.3. The number of aliphatic hydroxyl groups is 1. The second-order valence-electron chi connectivity index (χ2n) is 7.13. The maximum Gasteiger partial charge on any atom is 0.253 e. The Morgan fingerprint density at radius 2 is 2.11 bits per heavy atom. The highest BCUT2D eigenvalue weighted by molar-refractivity contribution is 7.89. The Morgan fingerprint density at radius 3 is 2.74 bits per heavy atom. The zero-order valence-corrected chi connectivity index (χ0v) is 17.6. The van der Waals surface area contributed by atoms with Gasteiger partial charge in [0.15, 0.2) is 0 Å². The minimum Gasteiger partial charge on any atom is -0.395 e. The summed E-state index contributed by atoms with van der Waals surface area (Å²) in [5.41, 5.74) is 0.271. The Labute approximate surface area is 167 Å². The summed E-state index contributed by atoms with van der Waals surface area (Å²) in [6.45, 7) is 5.58. The van der Waals surface area contributed by atoms with Crippen LogP contribution in [0.5, 0.6) is 0 Å². The van der Waals surface area contributed by atoms with Crippen LogP contribution in [0.25, 0.3) is 0 Å². The molecule has 6 nitrogen and oxygen atoms in total. The number of benzene rings is 1. The van der Waals surface area contributed by atoms with Crippen LogP contribution in [0.3, 0.4) is 0 Å². The van der Waals surface area contributed by atoms with Crippen LogP contribution in [0.15, 0.2) is 23.1 Å². The zero-order valence-electron chi connectivity index (χ0n) is 16.0. The third kappa shape index (κ3) is 5.44. The van der Waals surface area contributed by atoms with Crippen LogP contribution in [-0.4, -0.2) is 61.4 Å². The third-order valence-corrected chi connectivity index (χ3v) is 7.20. The fraction of sp³-hybridized carbons (Fsp3) is 0.632. The quantitative estimate of drug-likeness (QED) is 0.706. The number of aliphatic hydroxyl groups excluding tert-OH is 1. The van der Waals surface area contributed by atoms with E-state index in [1.54, 1.807) is 11.0 Å². The Morgan fingerprint density at radius 1 is 1.37 bits per heavy atom. The van der Waals surface area contributed by atoms with Crippen LogP contribution in [0, 0.1) is 5.92 Å². The zero-order chi connectivity index (χ0) is 20.0. The molecule has 27 heavy (non-hydrogen) atoms. The molecule has 152 valence electrons. The van der Waals surface area contributed by atoms with E-state index in [0.29, 0.717) is 25.6 Å². The molecule has 1 aromatic rings. The van der Waals surface area contributed by atoms with Crippen molar-refractivity contribution in [2.24, 2.45) is 5.92 Å². The number of halogens is 1. The summed E-state index contributed by atoms with van der Waals surface area (Å²) in [7, 11) is -3.76. The SMILES string of the molecule is CCCCN(CCO)C(=O)c1ccc(Cl)c(S(=O)(=O)N2CCCC(C)C2)c1. The number of nitrogens with zero attached hydrogens (tertiary/aromatic N) is 2. The molecule has 1 N–H and O–H groups in total. The van der Waals surface area contributed by atoms with Crippen molar-refractivity contribution in [2.75, 3.05) is 32.8 Å². The number of unbranched alkanes of at least 4 members (excludes halogenated alkanes) is 1. The molecule has 0 bridgehead atoms. The first-order valence-electron chi connectivity index (χ1n) is 9.51. The molecule has 0 aromatic heterocycles. The Balaban J connectivity index is 2.33. The average molecular weight is 417 g/mol. The van der Waals surface area contributed by atoms with Crippen molar-refractivity contribution in [3.05, 3.63) is 28.8 Å². The van der Waals surface area contributed by atoms with E-state index in [1.807, 2.05) is 13.8 Å². The molecule has 1 saturated heterocycles. The number of amides is 1. The lowest BCUT2D eigenvalue weighted by Crippen LogP contribution is -2.39. The highest BCUT2D eigenvalue weighted by Gasteiger charge is 2.31. The second-order valence-corrected chi connectivity index (χ2v) is 9.44. The fourth-order valence-electron chi connectivity index (χ4n) is 3.30. The predicted molar refractivity (Wildman–Crippen MR) is 107 cm³/mol. The van der Waals surface area contributed by atoms with Crippen LogP contribution in [0.2, 0.25) is 5.02 Å². The third-order valence-electron chi connectivity index (χ3n) is 4.85. The maximum absolute atomic E-state index is 13.1. The van der Waals surface area contributed by atoms with Crippen molar-refractivity contribution in [1.82, 2.24) is 9.21 Å². The predicted octanol–water partition coefficient (Wildman–Crippen LogP) is 3.00. The van der Waals surface area contributed by atoms with Gasteiger partial charge in [-0.3, -0.25) is 4.79 Å². The number of hydrogen-bond acceptors (Lipinski definition) is 4. The van der Waals surface area contributed by atoms with E-state index in [2.05, 4.69) is 0 Å². The first kappa shape index (κ1) is 22.1. The van der Waals surface area contributed by atoms with Gasteiger partial charge in [0, 0.05) is 31.7 Å². The van der Waals surface area contributed by atoms with Gasteiger partial charge in [-0.15, -0.1) is 0 Å². The van der Waals surface area contributed by atoms with E-state index in [1.165, 1.54) is 16.4 Å². The molecule has 0 aliphatic carbocycles. The standard InChI is InChI=1S/C19H29ClN2O4S/c1-3-4-9-21(11-12-23)19(24)16-7-8-17(20)18(13-16)27(25,26)22-10-5-6-15(2)14-22/h7-8,13,15,23H,3-6,9-12,14H2,1-2H3. The second kappa shape index (κ2) is 9.87. The van der Waals surface area contributed by atoms with Crippen LogP contribution >= 0.6 is 11.6 Å². The lowest BCUT2D eigenvalue weighted by Gasteiger charge is -2.30. The van der Waals surface area contributed by atoms with Crippen molar-refractivity contribution < 1.29 is 18.3 Å². The molecule has 1 atom stereocenters. The van der Waals surface area contributed by atoms with Gasteiger partial charge >= 0.3 is 0 Å². The van der Waals surface area contributed by atoms with E-state index >= 15 is 0 Å². The summed E-state index contributed by atoms with van der Waals surface area (Å²) < 4.78 is 27.6. The molecule has 1 heterocycles. The largest absolute Gasteiger partial charge is 0.395 e. The number of hydrogen-bond donors (Lipinski definition) is 1. The molecule has 1 unspecified atom stereocenters. The number of piperidine rings is 1. The van der Waals surface area contributed by atoms with Crippen molar-refractivity contribution in [3.63, 3.8) is 0 Å². The molecule has 0 radical (unpaired) electrons. The lowest BCUT2D eigenvalue weighted by molar-refractivity contribution is 0.0719. The lowest BCUT2D eigenvalue weighted by atomic mass is 10.0. The molecule has 0 spiro atoms. The topological polar surface area (TPSA) is 77.9 Å². The number of sulfonamides is 1. The molecule has 1 fully saturated rings. The fourth-order valence-corrected chi connectivity index (χ4v) is 5.40. The summed E-state index contributed by atoms with van der Waals surface area (Å²) in [6, 6.07) is 4.38. The molecule has 8 heteroatoms. The first-order chi connectivity index (χ1) is 12.8. The summed E-state index contributed by atoms with van der Waals surface area (Å²) in [5, 5.41) is 9.35. The molecular weight excluding hydrogens is 388 g/mol. The number of rotatable bonds is 8. The molecule has 1 aliphatic heterocycles. The van der Waals surface area contributed by atoms with Gasteiger partial charge in [0.05, 0.1) is 11.6 Å². The van der Waals surface area contributed by atoms with E-state index in [9.17, 15) is 18.3 Å². The molecular formula is C19H29ClN2O4S. The molecule has 1 aromatic carbocycles. The van der Waals surface area contributed by atoms with E-state index in [-0.39, 0.29) is 34.5 Å². The molecule has 0 saturated carbocycles. The van der Waals surface area contributed by atoms with Gasteiger partial charge < -0.3 is 10.0 Å². The Hall–Kier alpha value is -1.15. The van der Waals surface area contributed by atoms with Gasteiger partial charge in [-0.25, -0.2) is 8.42 Å². The monoisotopic (exact) mass is 416 g/mol. The van der Waals surface area contributed by atoms with Crippen LogP contribution in [0.1, 0.15) is 49.9 Å². The Bertz CT molecular complexity index is 754. The normalized spacial score (nSPS) is 18.4. The van der Waals surface area contributed by atoms with Crippen LogP contribution in [-0.2, 0) is 10.0 Å². The molecule has 2 rings (SSSR count). The smallest absolute Gasteiger partial charge is 0.253 e. The summed E-state index contributed by atoms with van der Waals surface area (Å²) in [5.74, 6) is 0.00355. The van der Waals surface area contributed by atoms with Gasteiger partial charge in [-0.1, -0.05) is 31.9 Å². The minimum absolute atomic E-state index is 0.0245. The highest BCUT2D eigenvalue weighted by Crippen LogP contribution is 2.29. The number of carbonyl (C=O) groups is 1. The van der Waals surface area contributed by atoms with Crippen LogP contribution in [0.4, 0.5) is 0 Å². The summed E-state index contributed by atoms with van der Waals surface area (Å²) in [4.78, 5) is 14.3. The number of carbonyl (C=O) groups excluding carboxylic acids is 1. The van der Waals surface area contributed by atoms with Gasteiger partial charge in [0.2, 0.25) is 10.0 Å². The molecule has 1 amide bonds. The van der Waals surface area contributed by atoms with Gasteiger partial charge in [-0.2, -0.15) is 4.31 Å².